The maximum atomic E-state index is 8.49. The van der Waals surface area contributed by atoms with Crippen LogP contribution in [-0.4, -0.2) is 92.2 Å². The Kier molecular flexibility index (Phi) is 89.6. The predicted octanol–water partition coefficient (Wildman–Crippen LogP) is -27.5. The van der Waals surface area contributed by atoms with E-state index < -0.39 is 81.9 Å². The first-order valence-corrected chi connectivity index (χ1v) is 45.3. The molecule has 0 bridgehead atoms. The first-order valence-electron chi connectivity index (χ1n) is 35.4. The van der Waals surface area contributed by atoms with Crippen LogP contribution in [0.4, 0.5) is 0 Å². The van der Waals surface area contributed by atoms with Crippen LogP contribution in [0, 0.1) is 81.9 Å². The maximum Gasteiger partial charge on any atom is 2.00 e. The summed E-state index contributed by atoms with van der Waals surface area (Å²) in [5, 5.41) is 0. The maximum absolute atomic E-state index is 8.49. The minimum Gasteiger partial charge on any atom is -0.329 e. The molecule has 12 aromatic rings. The molecule has 0 aliphatic rings. The number of pyridine rings is 8. The molecule has 12 rings (SSSR count). The van der Waals surface area contributed by atoms with Crippen molar-refractivity contribution in [2.75, 3.05) is 52.4 Å². The quantitative estimate of drug-likeness (QED) is 0.0416. The number of hydrogen-bond acceptors (Lipinski definition) is 48. The van der Waals surface area contributed by atoms with Crippen molar-refractivity contribution in [3.63, 3.8) is 0 Å². The molecule has 0 aliphatic carbocycles. The van der Waals surface area contributed by atoms with Crippen LogP contribution in [0.15, 0.2) is 293 Å². The van der Waals surface area contributed by atoms with Crippen LogP contribution in [0.2, 0.25) is 0 Å². The number of nitrogens with two attached hydrogens (primary N) is 8. The predicted molar refractivity (Wildman–Crippen MR) is 379 cm³/mol. The Labute approximate surface area is 851 Å². The van der Waals surface area contributed by atoms with Gasteiger partial charge in [0.25, 0.3) is 0 Å². The van der Waals surface area contributed by atoms with E-state index in [9.17, 15) is 0 Å². The zero-order valence-corrected chi connectivity index (χ0v) is 82.0. The zero-order valence-electron chi connectivity index (χ0n) is 69.7. The van der Waals surface area contributed by atoms with Gasteiger partial charge in [0.15, 0.2) is 0 Å². The van der Waals surface area contributed by atoms with Crippen molar-refractivity contribution in [1.29, 1.82) is 0 Å². The smallest absolute Gasteiger partial charge is 0.329 e. The van der Waals surface area contributed by atoms with E-state index in [1.54, 1.807) is 49.6 Å². The Balaban J connectivity index is -0.000000229. The molecule has 0 aliphatic heterocycles. The first-order chi connectivity index (χ1) is 61.3. The van der Waals surface area contributed by atoms with Crippen molar-refractivity contribution in [1.82, 2.24) is 39.9 Å². The molecule has 0 radical (unpaired) electrons. The first kappa shape index (κ1) is 145. The molecule has 16 N–H and O–H groups in total. The number of rotatable bonds is 16. The molecule has 48 nitrogen and oxygen atoms in total. The van der Waals surface area contributed by atoms with E-state index in [0.717, 1.165) is 25.7 Å². The van der Waals surface area contributed by atoms with Crippen molar-refractivity contribution in [2.45, 2.75) is 25.7 Å². The second-order valence-electron chi connectivity index (χ2n) is 23.2. The minimum absolute atomic E-state index is 0. The average molecular weight is 2450 g/mol. The third-order valence-corrected chi connectivity index (χ3v) is 13.2. The molecule has 136 heavy (non-hydrogen) atoms. The summed E-state index contributed by atoms with van der Waals surface area (Å²) in [6.07, 6.45) is 32.8. The van der Waals surface area contributed by atoms with Crippen molar-refractivity contribution < 1.29 is 313 Å². The van der Waals surface area contributed by atoms with E-state index in [1.807, 2.05) is 98.1 Å². The number of halogens is 8. The SMILES string of the molecule is NCCN.NCCN.NCCN.NCCN.[O-][Cl+3]([O-])([O-])[O-].[O-][Cl+3]([O-])([O-])[O-].[O-][Cl+3]([O-])([O-])[O-].[O-][Cl+3]([O-])([O-])[O-].[O-][Cl+3]([O-])([O-])[O-].[O-][Cl+3]([O-])([O-])[O-].[O-][Cl+3]([O-])([O-])[O-].[O-][Cl+3]([O-])([O-])[O-].[Pd+2].[Pd+2].[Pd+2].[Pd+2].c1cc(-c2ccncc2)ccn1.c1cc(-c2ccncc2)ccn1.c1cc(Cc2ccc(-c3ccc(Cc4ccncc4)cc3)cc2)ccn1.c1cc(Cc2ccc(-c3ccc(Cc4ccncc4)cc3)cc2)ccn1. The summed E-state index contributed by atoms with van der Waals surface area (Å²) in [4.78, 5) is 32.1. The number of nitrogens with zero attached hydrogens (tertiary/aromatic N) is 8. The molecular formula is C76H88Cl8N16O32Pd4. The van der Waals surface area contributed by atoms with Crippen LogP contribution in [0.3, 0.4) is 0 Å². The molecule has 0 spiro atoms. The molecule has 0 saturated carbocycles. The van der Waals surface area contributed by atoms with Gasteiger partial charge in [0.05, 0.1) is 0 Å². The number of hydrogen-bond donors (Lipinski definition) is 8. The van der Waals surface area contributed by atoms with Gasteiger partial charge in [0.1, 0.15) is 0 Å². The van der Waals surface area contributed by atoms with Crippen LogP contribution < -0.4 is 195 Å². The van der Waals surface area contributed by atoms with E-state index in [-0.39, 0.29) is 81.7 Å². The van der Waals surface area contributed by atoms with Gasteiger partial charge >= 0.3 is 81.7 Å². The fourth-order valence-electron chi connectivity index (χ4n) is 8.38. The standard InChI is InChI=1S/2C24H20N2.2C10H8N2.4C2H8N2.8ClHO4.4Pd/c2*1-5-23(6-2-19(1)17-21-9-13-25-14-10-21)24-7-3-20(4-8-24)18-22-11-15-26-16-12-22;2*1-5-11-6-2-9(1)10-3-7-12-8-4-10;4*3-1-2-4;8*2-1(3,4)5;;;;/h2*1-16H,17-18H2;2*1-8H;4*1-4H2;8*(H,2,3,4,5);;;;/q;;;;;;;;;;;;;;;;4*+2/p-8. The fraction of sp³-hybridized carbons (Fsp3) is 0.158. The largest absolute Gasteiger partial charge is 2.00 e. The summed E-state index contributed by atoms with van der Waals surface area (Å²) in [6.45, 7) is 4.78. The van der Waals surface area contributed by atoms with Crippen LogP contribution in [-0.2, 0) is 107 Å². The van der Waals surface area contributed by atoms with Crippen LogP contribution in [0.5, 0.6) is 0 Å². The molecular weight excluding hydrogens is 2360 g/mol. The molecule has 8 heterocycles. The van der Waals surface area contributed by atoms with Crippen molar-refractivity contribution in [3.8, 4) is 44.5 Å². The van der Waals surface area contributed by atoms with Gasteiger partial charge in [0.2, 0.25) is 0 Å². The van der Waals surface area contributed by atoms with Gasteiger partial charge in [-0.2, -0.15) is 0 Å². The van der Waals surface area contributed by atoms with Gasteiger partial charge in [-0.25, -0.2) is 149 Å². The number of aromatic nitrogens is 8. The van der Waals surface area contributed by atoms with Crippen LogP contribution >= 0.6 is 0 Å². The zero-order chi connectivity index (χ0) is 101. The molecule has 8 aromatic heterocycles. The van der Waals surface area contributed by atoms with Crippen LogP contribution in [0.1, 0.15) is 44.5 Å². The molecule has 0 amide bonds. The topological polar surface area (TPSA) is 1050 Å². The van der Waals surface area contributed by atoms with E-state index in [2.05, 4.69) is 185 Å². The molecule has 0 saturated heterocycles. The van der Waals surface area contributed by atoms with E-state index in [1.165, 1.54) is 89.0 Å². The summed E-state index contributed by atoms with van der Waals surface area (Å²) >= 11 is 0. The Hall–Kier alpha value is -6.55. The second kappa shape index (κ2) is 84.2. The van der Waals surface area contributed by atoms with Crippen molar-refractivity contribution in [2.24, 2.45) is 45.9 Å². The van der Waals surface area contributed by atoms with E-state index in [0.29, 0.717) is 52.4 Å². The monoisotopic (exact) mass is 2440 g/mol. The summed E-state index contributed by atoms with van der Waals surface area (Å²) in [7, 11) is -39.6. The normalized spacial score (nSPS) is 10.2. The Morgan fingerprint density at radius 3 is 0.294 bits per heavy atom. The van der Waals surface area contributed by atoms with E-state index in [4.69, 9.17) is 195 Å². The minimum atomic E-state index is -4.94. The Bertz CT molecular complexity index is 3980. The van der Waals surface area contributed by atoms with Crippen molar-refractivity contribution >= 4 is 0 Å². The van der Waals surface area contributed by atoms with Gasteiger partial charge < -0.3 is 45.9 Å². The van der Waals surface area contributed by atoms with Gasteiger partial charge in [-0.1, -0.05) is 97.1 Å². The average Bonchev–Trinajstić information content (AvgIpc) is 0.845. The number of benzene rings is 4. The molecule has 760 valence electrons. The summed E-state index contributed by atoms with van der Waals surface area (Å²) in [5.41, 5.74) is 59.3. The third-order valence-electron chi connectivity index (χ3n) is 13.2. The summed E-state index contributed by atoms with van der Waals surface area (Å²) in [5.74, 6) is 0. The van der Waals surface area contributed by atoms with Gasteiger partial charge in [-0.05, 0) is 212 Å². The fourth-order valence-corrected chi connectivity index (χ4v) is 8.38. The molecule has 0 fully saturated rings. The third kappa shape index (κ3) is 114. The summed E-state index contributed by atoms with van der Waals surface area (Å²) < 4.78 is 272. The second-order valence-corrected chi connectivity index (χ2v) is 29.2. The Morgan fingerprint density at radius 1 is 0.132 bits per heavy atom. The van der Waals surface area contributed by atoms with Crippen LogP contribution in [0.25, 0.3) is 44.5 Å². The van der Waals surface area contributed by atoms with Gasteiger partial charge in [-0.15, -0.1) is 81.9 Å². The van der Waals surface area contributed by atoms with E-state index >= 15 is 0 Å². The molecule has 0 atom stereocenters. The van der Waals surface area contributed by atoms with Crippen molar-refractivity contribution in [3.05, 3.63) is 338 Å². The molecule has 60 heteroatoms. The van der Waals surface area contributed by atoms with Gasteiger partial charge in [-0.3, -0.25) is 39.9 Å². The summed E-state index contributed by atoms with van der Waals surface area (Å²) in [6, 6.07) is 67.7. The Morgan fingerprint density at radius 2 is 0.206 bits per heavy atom. The molecule has 4 aromatic carbocycles. The molecule has 0 unspecified atom stereocenters. The van der Waals surface area contributed by atoms with Gasteiger partial charge in [0, 0.05) is 152 Å².